The predicted octanol–water partition coefficient (Wildman–Crippen LogP) is 3.78. The molecule has 0 saturated heterocycles. The van der Waals surface area contributed by atoms with Gasteiger partial charge in [0.05, 0.1) is 4.92 Å². The lowest BCUT2D eigenvalue weighted by atomic mass is 10.1. The highest BCUT2D eigenvalue weighted by Gasteiger charge is 2.21. The van der Waals surface area contributed by atoms with Crippen LogP contribution in [0.4, 0.5) is 5.69 Å². The van der Waals surface area contributed by atoms with Gasteiger partial charge in [0.25, 0.3) is 5.88 Å². The van der Waals surface area contributed by atoms with Crippen molar-refractivity contribution in [3.63, 3.8) is 0 Å². The summed E-state index contributed by atoms with van der Waals surface area (Å²) in [5.74, 6) is 0.0546. The molecule has 0 aliphatic heterocycles. The number of hydrogen-bond donors (Lipinski definition) is 2. The van der Waals surface area contributed by atoms with Gasteiger partial charge in [0.2, 0.25) is 0 Å². The van der Waals surface area contributed by atoms with E-state index >= 15 is 0 Å². The van der Waals surface area contributed by atoms with Crippen LogP contribution < -0.4 is 5.56 Å². The van der Waals surface area contributed by atoms with Crippen LogP contribution in [0.3, 0.4) is 0 Å². The quantitative estimate of drug-likeness (QED) is 0.530. The van der Waals surface area contributed by atoms with Crippen LogP contribution in [0.25, 0.3) is 23.5 Å². The molecule has 3 rings (SSSR count). The Kier molecular flexibility index (Phi) is 4.59. The van der Waals surface area contributed by atoms with Crippen LogP contribution in [0.15, 0.2) is 39.5 Å². The zero-order chi connectivity index (χ0) is 18.8. The number of nitrogens with one attached hydrogen (secondary N) is 1. The van der Waals surface area contributed by atoms with E-state index in [1.807, 2.05) is 19.1 Å². The number of benzene rings is 1. The molecule has 0 bridgehead atoms. The van der Waals surface area contributed by atoms with Crippen molar-refractivity contribution in [1.29, 1.82) is 0 Å². The number of furan rings is 1. The van der Waals surface area contributed by atoms with E-state index < -0.39 is 22.0 Å². The fourth-order valence-corrected chi connectivity index (χ4v) is 2.40. The number of halogens is 1. The van der Waals surface area contributed by atoms with Gasteiger partial charge in [0, 0.05) is 10.6 Å². The molecule has 132 valence electrons. The van der Waals surface area contributed by atoms with E-state index in [9.17, 15) is 20.0 Å². The van der Waals surface area contributed by atoms with Gasteiger partial charge in [-0.1, -0.05) is 23.7 Å². The van der Waals surface area contributed by atoms with Gasteiger partial charge in [-0.3, -0.25) is 14.9 Å². The Morgan fingerprint density at radius 1 is 1.31 bits per heavy atom. The molecule has 0 atom stereocenters. The summed E-state index contributed by atoms with van der Waals surface area (Å²) in [5.41, 5.74) is -0.287. The highest BCUT2D eigenvalue weighted by molar-refractivity contribution is 6.31. The van der Waals surface area contributed by atoms with Crippen LogP contribution in [-0.4, -0.2) is 20.0 Å². The molecule has 26 heavy (non-hydrogen) atoms. The number of nitro groups is 1. The molecule has 0 spiro atoms. The van der Waals surface area contributed by atoms with Gasteiger partial charge in [-0.05, 0) is 42.8 Å². The van der Waals surface area contributed by atoms with Gasteiger partial charge in [0.1, 0.15) is 17.3 Å². The molecule has 0 unspecified atom stereocenters. The Balaban J connectivity index is 1.86. The van der Waals surface area contributed by atoms with Crippen molar-refractivity contribution in [3.05, 3.63) is 73.0 Å². The van der Waals surface area contributed by atoms with Crippen LogP contribution >= 0.6 is 11.6 Å². The molecular weight excluding hydrogens is 362 g/mol. The second-order valence-electron chi connectivity index (χ2n) is 5.38. The minimum atomic E-state index is -1.04. The maximum absolute atomic E-state index is 11.6. The van der Waals surface area contributed by atoms with E-state index in [1.165, 1.54) is 12.2 Å². The lowest BCUT2D eigenvalue weighted by Gasteiger charge is -2.00. The van der Waals surface area contributed by atoms with Gasteiger partial charge < -0.3 is 14.5 Å². The second-order valence-corrected chi connectivity index (χ2v) is 5.79. The number of aromatic amines is 1. The Labute approximate surface area is 151 Å². The number of rotatable bonds is 4. The first kappa shape index (κ1) is 17.4. The molecule has 0 radical (unpaired) electrons. The molecule has 0 saturated carbocycles. The van der Waals surface area contributed by atoms with Gasteiger partial charge in [-0.2, -0.15) is 4.98 Å². The summed E-state index contributed by atoms with van der Waals surface area (Å²) >= 11 is 6.11. The molecule has 2 heterocycles. The lowest BCUT2D eigenvalue weighted by Crippen LogP contribution is -2.14. The molecular formula is C17H12ClN3O5. The van der Waals surface area contributed by atoms with Crippen molar-refractivity contribution in [2.24, 2.45) is 0 Å². The average molecular weight is 374 g/mol. The summed E-state index contributed by atoms with van der Waals surface area (Å²) in [7, 11) is 0. The van der Waals surface area contributed by atoms with Crippen LogP contribution in [0.2, 0.25) is 5.02 Å². The number of aromatic nitrogens is 2. The van der Waals surface area contributed by atoms with Crippen molar-refractivity contribution in [3.8, 4) is 17.2 Å². The first-order valence-corrected chi connectivity index (χ1v) is 7.75. The molecule has 0 amide bonds. The van der Waals surface area contributed by atoms with Crippen LogP contribution in [-0.2, 0) is 0 Å². The number of H-pyrrole nitrogens is 1. The summed E-state index contributed by atoms with van der Waals surface area (Å²) in [6.45, 7) is 1.90. The zero-order valence-corrected chi connectivity index (χ0v) is 14.1. The van der Waals surface area contributed by atoms with Gasteiger partial charge >= 0.3 is 11.2 Å². The van der Waals surface area contributed by atoms with Crippen molar-refractivity contribution >= 4 is 29.4 Å². The molecule has 9 heteroatoms. The Morgan fingerprint density at radius 2 is 2.08 bits per heavy atom. The van der Waals surface area contributed by atoms with Gasteiger partial charge in [-0.15, -0.1) is 0 Å². The first-order chi connectivity index (χ1) is 12.3. The SMILES string of the molecule is Cc1ccc(-c2ccc(/C=C\c3nc(O)c([N+](=O)[O-])c(=O)[nH]3)o2)cc1Cl. The highest BCUT2D eigenvalue weighted by Crippen LogP contribution is 2.27. The average Bonchev–Trinajstić information content (AvgIpc) is 3.03. The standard InChI is InChI=1S/C17H12ClN3O5/c1-9-2-3-10(8-12(9)18)13-6-4-11(26-13)5-7-14-19-16(22)15(21(24)25)17(23)20-14/h2-8H,1H3,(H2,19,20,22,23)/b7-5-. The number of hydrogen-bond acceptors (Lipinski definition) is 6. The summed E-state index contributed by atoms with van der Waals surface area (Å²) in [6.07, 6.45) is 2.86. The monoisotopic (exact) mass is 373 g/mol. The minimum absolute atomic E-state index is 0.0468. The van der Waals surface area contributed by atoms with Crippen molar-refractivity contribution < 1.29 is 14.4 Å². The molecule has 0 aliphatic carbocycles. The van der Waals surface area contributed by atoms with E-state index in [0.29, 0.717) is 16.5 Å². The Bertz CT molecular complexity index is 1080. The van der Waals surface area contributed by atoms with Crippen molar-refractivity contribution in [2.45, 2.75) is 6.92 Å². The number of aryl methyl sites for hydroxylation is 1. The summed E-state index contributed by atoms with van der Waals surface area (Å²) < 4.78 is 5.67. The van der Waals surface area contributed by atoms with Gasteiger partial charge in [0.15, 0.2) is 0 Å². The molecule has 1 aromatic carbocycles. The fraction of sp³-hybridized carbons (Fsp3) is 0.0588. The Hall–Kier alpha value is -3.39. The largest absolute Gasteiger partial charge is 0.488 e. The van der Waals surface area contributed by atoms with Crippen molar-refractivity contribution in [2.75, 3.05) is 0 Å². The van der Waals surface area contributed by atoms with E-state index in [0.717, 1.165) is 11.1 Å². The first-order valence-electron chi connectivity index (χ1n) is 7.37. The van der Waals surface area contributed by atoms with E-state index in [4.69, 9.17) is 16.0 Å². The molecule has 2 aromatic heterocycles. The highest BCUT2D eigenvalue weighted by atomic mass is 35.5. The third kappa shape index (κ3) is 3.50. The molecule has 8 nitrogen and oxygen atoms in total. The minimum Gasteiger partial charge on any atom is -0.488 e. The Morgan fingerprint density at radius 3 is 2.73 bits per heavy atom. The van der Waals surface area contributed by atoms with Gasteiger partial charge in [-0.25, -0.2) is 0 Å². The second kappa shape index (κ2) is 6.85. The van der Waals surface area contributed by atoms with Crippen LogP contribution in [0, 0.1) is 17.0 Å². The van der Waals surface area contributed by atoms with E-state index in [1.54, 1.807) is 18.2 Å². The molecule has 3 aromatic rings. The van der Waals surface area contributed by atoms with E-state index in [-0.39, 0.29) is 5.82 Å². The molecule has 0 aliphatic rings. The van der Waals surface area contributed by atoms with Crippen LogP contribution in [0.1, 0.15) is 17.1 Å². The lowest BCUT2D eigenvalue weighted by molar-refractivity contribution is -0.387. The third-order valence-corrected chi connectivity index (χ3v) is 3.97. The predicted molar refractivity (Wildman–Crippen MR) is 96.0 cm³/mol. The number of nitrogens with zero attached hydrogens (tertiary/aromatic N) is 2. The normalized spacial score (nSPS) is 11.2. The van der Waals surface area contributed by atoms with Crippen LogP contribution in [0.5, 0.6) is 5.88 Å². The smallest absolute Gasteiger partial charge is 0.395 e. The summed E-state index contributed by atoms with van der Waals surface area (Å²) in [5, 5.41) is 20.8. The maximum Gasteiger partial charge on any atom is 0.395 e. The fourth-order valence-electron chi connectivity index (χ4n) is 2.22. The third-order valence-electron chi connectivity index (χ3n) is 3.57. The van der Waals surface area contributed by atoms with Crippen molar-refractivity contribution in [1.82, 2.24) is 9.97 Å². The number of aromatic hydroxyl groups is 1. The summed E-state index contributed by atoms with van der Waals surface area (Å²) in [4.78, 5) is 27.0. The maximum atomic E-state index is 11.6. The molecule has 0 fully saturated rings. The zero-order valence-electron chi connectivity index (χ0n) is 13.4. The molecule has 2 N–H and O–H groups in total. The van der Waals surface area contributed by atoms with E-state index in [2.05, 4.69) is 9.97 Å². The topological polar surface area (TPSA) is 122 Å². The summed E-state index contributed by atoms with van der Waals surface area (Å²) in [6, 6.07) is 8.99.